The second-order valence-electron chi connectivity index (χ2n) is 4.57. The van der Waals surface area contributed by atoms with Crippen molar-refractivity contribution in [3.8, 4) is 5.75 Å². The molecule has 1 unspecified atom stereocenters. The van der Waals surface area contributed by atoms with E-state index in [1.165, 1.54) is 24.3 Å². The highest BCUT2D eigenvalue weighted by molar-refractivity contribution is 5.87. The fraction of sp³-hybridized carbons (Fsp3) is 0.467. The van der Waals surface area contributed by atoms with Crippen molar-refractivity contribution in [3.63, 3.8) is 0 Å². The Balaban J connectivity index is 2.42. The van der Waals surface area contributed by atoms with Crippen LogP contribution in [-0.2, 0) is 4.79 Å². The van der Waals surface area contributed by atoms with Gasteiger partial charge in [0.05, 0.1) is 5.56 Å². The lowest BCUT2D eigenvalue weighted by molar-refractivity contribution is -0.140. The van der Waals surface area contributed by atoms with Gasteiger partial charge in [-0.15, -0.1) is 0 Å². The van der Waals surface area contributed by atoms with Crippen molar-refractivity contribution in [1.82, 2.24) is 0 Å². The predicted molar refractivity (Wildman–Crippen MR) is 72.7 cm³/mol. The lowest BCUT2D eigenvalue weighted by Crippen LogP contribution is -2.21. The molecule has 0 bridgehead atoms. The number of hydrogen-bond donors (Lipinski definition) is 1. The third-order valence-corrected chi connectivity index (χ3v) is 2.89. The molecular weight excluding hydrogens is 263 g/mol. The fourth-order valence-corrected chi connectivity index (χ4v) is 1.71. The SMILES string of the molecule is CCCCCCC(F)C(=O)Oc1ccc(C(=O)O)cc1. The number of carbonyl (C=O) groups excluding carboxylic acids is 1. The maximum Gasteiger partial charge on any atom is 0.346 e. The first-order valence-electron chi connectivity index (χ1n) is 6.73. The van der Waals surface area contributed by atoms with Crippen molar-refractivity contribution >= 4 is 11.9 Å². The number of unbranched alkanes of at least 4 members (excludes halogenated alkanes) is 3. The number of aromatic carboxylic acids is 1. The number of esters is 1. The molecule has 0 saturated heterocycles. The molecule has 110 valence electrons. The third-order valence-electron chi connectivity index (χ3n) is 2.89. The second-order valence-corrected chi connectivity index (χ2v) is 4.57. The fourth-order valence-electron chi connectivity index (χ4n) is 1.71. The van der Waals surface area contributed by atoms with E-state index in [0.29, 0.717) is 6.42 Å². The number of rotatable bonds is 8. The highest BCUT2D eigenvalue weighted by Crippen LogP contribution is 2.15. The zero-order valence-corrected chi connectivity index (χ0v) is 11.5. The van der Waals surface area contributed by atoms with Gasteiger partial charge in [-0.3, -0.25) is 0 Å². The average Bonchev–Trinajstić information content (AvgIpc) is 2.44. The van der Waals surface area contributed by atoms with E-state index in [0.717, 1.165) is 19.3 Å². The first-order valence-corrected chi connectivity index (χ1v) is 6.73. The van der Waals surface area contributed by atoms with Gasteiger partial charge in [0.15, 0.2) is 6.17 Å². The van der Waals surface area contributed by atoms with Crippen molar-refractivity contribution in [2.45, 2.75) is 45.2 Å². The Morgan fingerprint density at radius 3 is 2.40 bits per heavy atom. The van der Waals surface area contributed by atoms with Gasteiger partial charge in [0, 0.05) is 0 Å². The smallest absolute Gasteiger partial charge is 0.346 e. The van der Waals surface area contributed by atoms with Crippen LogP contribution in [0.15, 0.2) is 24.3 Å². The summed E-state index contributed by atoms with van der Waals surface area (Å²) in [6, 6.07) is 5.29. The van der Waals surface area contributed by atoms with Crippen LogP contribution >= 0.6 is 0 Å². The second kappa shape index (κ2) is 8.30. The van der Waals surface area contributed by atoms with E-state index in [1.54, 1.807) is 0 Å². The summed E-state index contributed by atoms with van der Waals surface area (Å²) in [4.78, 5) is 22.1. The van der Waals surface area contributed by atoms with Crippen LogP contribution in [0.1, 0.15) is 49.4 Å². The summed E-state index contributed by atoms with van der Waals surface area (Å²) in [5, 5.41) is 8.72. The van der Waals surface area contributed by atoms with Crippen LogP contribution in [0.4, 0.5) is 4.39 Å². The van der Waals surface area contributed by atoms with Gasteiger partial charge < -0.3 is 9.84 Å². The van der Waals surface area contributed by atoms with E-state index in [1.807, 2.05) is 0 Å². The number of alkyl halides is 1. The Bertz CT molecular complexity index is 442. The van der Waals surface area contributed by atoms with Crippen LogP contribution in [0, 0.1) is 0 Å². The van der Waals surface area contributed by atoms with Crippen LogP contribution in [0.3, 0.4) is 0 Å². The molecule has 0 amide bonds. The maximum absolute atomic E-state index is 13.5. The van der Waals surface area contributed by atoms with E-state index in [-0.39, 0.29) is 17.7 Å². The summed E-state index contributed by atoms with van der Waals surface area (Å²) in [7, 11) is 0. The molecular formula is C15H19FO4. The average molecular weight is 282 g/mol. The molecule has 20 heavy (non-hydrogen) atoms. The summed E-state index contributed by atoms with van der Waals surface area (Å²) in [5.74, 6) is -1.84. The van der Waals surface area contributed by atoms with Gasteiger partial charge in [0.2, 0.25) is 0 Å². The molecule has 0 aliphatic rings. The third kappa shape index (κ3) is 5.38. The molecule has 1 aromatic carbocycles. The Morgan fingerprint density at radius 1 is 1.20 bits per heavy atom. The molecule has 0 aromatic heterocycles. The Morgan fingerprint density at radius 2 is 1.85 bits per heavy atom. The minimum Gasteiger partial charge on any atom is -0.478 e. The highest BCUT2D eigenvalue weighted by atomic mass is 19.1. The molecule has 0 fully saturated rings. The maximum atomic E-state index is 13.5. The lowest BCUT2D eigenvalue weighted by atomic mass is 10.1. The number of carboxylic acid groups (broad SMARTS) is 1. The van der Waals surface area contributed by atoms with Gasteiger partial charge in [-0.25, -0.2) is 14.0 Å². The monoisotopic (exact) mass is 282 g/mol. The number of ether oxygens (including phenoxy) is 1. The Hall–Kier alpha value is -1.91. The highest BCUT2D eigenvalue weighted by Gasteiger charge is 2.19. The van der Waals surface area contributed by atoms with Gasteiger partial charge in [0.1, 0.15) is 5.75 Å². The topological polar surface area (TPSA) is 63.6 Å². The molecule has 0 spiro atoms. The van der Waals surface area contributed by atoms with Crippen LogP contribution < -0.4 is 4.74 Å². The van der Waals surface area contributed by atoms with Gasteiger partial charge in [-0.05, 0) is 37.1 Å². The molecule has 0 saturated carbocycles. The van der Waals surface area contributed by atoms with Gasteiger partial charge in [0.25, 0.3) is 0 Å². The molecule has 0 aliphatic carbocycles. The van der Waals surface area contributed by atoms with Crippen molar-refractivity contribution in [2.24, 2.45) is 0 Å². The van der Waals surface area contributed by atoms with E-state index in [9.17, 15) is 14.0 Å². The normalized spacial score (nSPS) is 11.9. The van der Waals surface area contributed by atoms with Crippen molar-refractivity contribution in [1.29, 1.82) is 0 Å². The zero-order chi connectivity index (χ0) is 15.0. The molecule has 0 radical (unpaired) electrons. The van der Waals surface area contributed by atoms with Crippen LogP contribution in [0.2, 0.25) is 0 Å². The predicted octanol–water partition coefficient (Wildman–Crippen LogP) is 3.60. The number of hydrogen-bond acceptors (Lipinski definition) is 3. The number of carboxylic acids is 1. The standard InChI is InChI=1S/C15H19FO4/c1-2-3-4-5-6-13(16)15(19)20-12-9-7-11(8-10-12)14(17)18/h7-10,13H,2-6H2,1H3,(H,17,18). The van der Waals surface area contributed by atoms with E-state index in [2.05, 4.69) is 6.92 Å². The van der Waals surface area contributed by atoms with E-state index >= 15 is 0 Å². The number of halogens is 1. The van der Waals surface area contributed by atoms with Crippen LogP contribution in [-0.4, -0.2) is 23.2 Å². The molecule has 1 aromatic rings. The molecule has 0 heterocycles. The quantitative estimate of drug-likeness (QED) is 0.449. The molecule has 4 nitrogen and oxygen atoms in total. The summed E-state index contributed by atoms with van der Waals surface area (Å²) < 4.78 is 18.4. The minimum atomic E-state index is -1.63. The molecule has 1 rings (SSSR count). The zero-order valence-electron chi connectivity index (χ0n) is 11.5. The molecule has 1 atom stereocenters. The first-order chi connectivity index (χ1) is 9.54. The summed E-state index contributed by atoms with van der Waals surface area (Å²) >= 11 is 0. The van der Waals surface area contributed by atoms with Gasteiger partial charge >= 0.3 is 11.9 Å². The van der Waals surface area contributed by atoms with E-state index < -0.39 is 18.1 Å². The lowest BCUT2D eigenvalue weighted by Gasteiger charge is -2.08. The minimum absolute atomic E-state index is 0.0844. The summed E-state index contributed by atoms with van der Waals surface area (Å²) in [5.41, 5.74) is 0.0844. The summed E-state index contributed by atoms with van der Waals surface area (Å²) in [6.45, 7) is 2.06. The first kappa shape index (κ1) is 16.1. The Labute approximate surface area is 117 Å². The van der Waals surface area contributed by atoms with Crippen LogP contribution in [0.25, 0.3) is 0 Å². The van der Waals surface area contributed by atoms with E-state index in [4.69, 9.17) is 9.84 Å². The van der Waals surface area contributed by atoms with Crippen molar-refractivity contribution < 1.29 is 23.8 Å². The Kier molecular flexibility index (Phi) is 6.70. The van der Waals surface area contributed by atoms with Crippen LogP contribution in [0.5, 0.6) is 5.75 Å². The molecule has 0 aliphatic heterocycles. The van der Waals surface area contributed by atoms with Gasteiger partial charge in [-0.1, -0.05) is 26.2 Å². The van der Waals surface area contributed by atoms with Crippen molar-refractivity contribution in [3.05, 3.63) is 29.8 Å². The largest absolute Gasteiger partial charge is 0.478 e. The number of carbonyl (C=O) groups is 2. The summed E-state index contributed by atoms with van der Waals surface area (Å²) in [6.07, 6.45) is 2.16. The number of benzene rings is 1. The molecule has 5 heteroatoms. The van der Waals surface area contributed by atoms with Gasteiger partial charge in [-0.2, -0.15) is 0 Å². The molecule has 1 N–H and O–H groups in total. The van der Waals surface area contributed by atoms with Crippen molar-refractivity contribution in [2.75, 3.05) is 0 Å².